The molecule has 6 heteroatoms. The molecule has 0 atom stereocenters. The van der Waals surface area contributed by atoms with Gasteiger partial charge in [0.15, 0.2) is 0 Å². The van der Waals surface area contributed by atoms with Gasteiger partial charge >= 0.3 is 6.09 Å². The zero-order valence-corrected chi connectivity index (χ0v) is 13.1. The van der Waals surface area contributed by atoms with Gasteiger partial charge in [-0.25, -0.2) is 9.80 Å². The summed E-state index contributed by atoms with van der Waals surface area (Å²) in [6, 6.07) is 4.78. The van der Waals surface area contributed by atoms with E-state index in [2.05, 4.69) is 5.43 Å². The largest absolute Gasteiger partial charge is 0.508 e. The number of carbonyl (C=O) groups excluding carboxylic acids is 2. The summed E-state index contributed by atoms with van der Waals surface area (Å²) in [6.07, 6.45) is -0.516. The highest BCUT2D eigenvalue weighted by atomic mass is 16.6. The lowest BCUT2D eigenvalue weighted by atomic mass is 10.1. The van der Waals surface area contributed by atoms with Crippen LogP contribution < -0.4 is 5.43 Å². The molecule has 21 heavy (non-hydrogen) atoms. The molecule has 0 unspecified atom stereocenters. The Morgan fingerprint density at radius 2 is 1.95 bits per heavy atom. The van der Waals surface area contributed by atoms with Crippen molar-refractivity contribution in [3.63, 3.8) is 0 Å². The molecule has 0 aliphatic carbocycles. The molecule has 2 N–H and O–H groups in total. The van der Waals surface area contributed by atoms with Crippen LogP contribution in [-0.2, 0) is 16.0 Å². The number of aryl methyl sites for hydroxylation is 1. The number of hydrogen-bond acceptors (Lipinski definition) is 4. The highest BCUT2D eigenvalue weighted by Gasteiger charge is 2.20. The molecule has 1 rings (SSSR count). The summed E-state index contributed by atoms with van der Waals surface area (Å²) < 4.78 is 5.13. The second kappa shape index (κ2) is 6.47. The summed E-state index contributed by atoms with van der Waals surface area (Å²) in [6.45, 7) is 7.06. The van der Waals surface area contributed by atoms with Gasteiger partial charge in [0.1, 0.15) is 11.4 Å². The third-order valence-electron chi connectivity index (χ3n) is 2.64. The fourth-order valence-electron chi connectivity index (χ4n) is 1.65. The number of aromatic hydroxyl groups is 1. The molecule has 0 spiro atoms. The topological polar surface area (TPSA) is 78.9 Å². The molecule has 0 aliphatic heterocycles. The number of ether oxygens (including phenoxy) is 1. The summed E-state index contributed by atoms with van der Waals surface area (Å²) in [5.74, 6) is -0.181. The normalized spacial score (nSPS) is 10.9. The van der Waals surface area contributed by atoms with Crippen LogP contribution in [0, 0.1) is 6.92 Å². The quantitative estimate of drug-likeness (QED) is 0.819. The van der Waals surface area contributed by atoms with E-state index in [-0.39, 0.29) is 18.1 Å². The number of phenolic OH excluding ortho intramolecular Hbond substituents is 1. The van der Waals surface area contributed by atoms with Crippen LogP contribution in [0.5, 0.6) is 5.75 Å². The Morgan fingerprint density at radius 3 is 2.48 bits per heavy atom. The SMILES string of the molecule is Cc1cc(O)ccc1CC(=O)NN(C)C(=O)OC(C)(C)C. The van der Waals surface area contributed by atoms with Gasteiger partial charge in [-0.2, -0.15) is 0 Å². The standard InChI is InChI=1S/C15H22N2O4/c1-10-8-12(18)7-6-11(10)9-13(19)16-17(5)14(20)21-15(2,3)4/h6-8,18H,9H2,1-5H3,(H,16,19). The number of amides is 2. The lowest BCUT2D eigenvalue weighted by Crippen LogP contribution is -2.46. The van der Waals surface area contributed by atoms with E-state index in [9.17, 15) is 14.7 Å². The first-order chi connectivity index (χ1) is 9.58. The van der Waals surface area contributed by atoms with E-state index in [1.165, 1.54) is 13.1 Å². The smallest absolute Gasteiger partial charge is 0.428 e. The number of phenols is 1. The number of rotatable bonds is 2. The minimum absolute atomic E-state index is 0.110. The Kier molecular flexibility index (Phi) is 5.18. The van der Waals surface area contributed by atoms with E-state index in [4.69, 9.17) is 4.74 Å². The van der Waals surface area contributed by atoms with Gasteiger partial charge in [0.2, 0.25) is 5.91 Å². The van der Waals surface area contributed by atoms with Crippen LogP contribution >= 0.6 is 0 Å². The monoisotopic (exact) mass is 294 g/mol. The molecule has 2 amide bonds. The van der Waals surface area contributed by atoms with Crippen LogP contribution in [0.2, 0.25) is 0 Å². The van der Waals surface area contributed by atoms with Gasteiger partial charge < -0.3 is 9.84 Å². The van der Waals surface area contributed by atoms with Crippen LogP contribution in [0.1, 0.15) is 31.9 Å². The van der Waals surface area contributed by atoms with Crippen molar-refractivity contribution in [2.24, 2.45) is 0 Å². The summed E-state index contributed by atoms with van der Waals surface area (Å²) in [5.41, 5.74) is 3.42. The van der Waals surface area contributed by atoms with Crippen LogP contribution in [-0.4, -0.2) is 34.8 Å². The van der Waals surface area contributed by atoms with Gasteiger partial charge in [0, 0.05) is 7.05 Å². The van der Waals surface area contributed by atoms with Crippen molar-refractivity contribution < 1.29 is 19.4 Å². The van der Waals surface area contributed by atoms with Crippen LogP contribution in [0.25, 0.3) is 0 Å². The molecule has 116 valence electrons. The molecular weight excluding hydrogens is 272 g/mol. The van der Waals surface area contributed by atoms with Crippen LogP contribution in [0.15, 0.2) is 18.2 Å². The molecule has 0 heterocycles. The molecule has 0 saturated carbocycles. The van der Waals surface area contributed by atoms with E-state index in [0.29, 0.717) is 0 Å². The second-order valence-electron chi connectivity index (χ2n) is 5.86. The van der Waals surface area contributed by atoms with Crippen molar-refractivity contribution in [2.45, 2.75) is 39.7 Å². The summed E-state index contributed by atoms with van der Waals surface area (Å²) in [7, 11) is 1.43. The average Bonchev–Trinajstić information content (AvgIpc) is 2.30. The average molecular weight is 294 g/mol. The van der Waals surface area contributed by atoms with Crippen molar-refractivity contribution in [1.29, 1.82) is 0 Å². The summed E-state index contributed by atoms with van der Waals surface area (Å²) in [4.78, 5) is 23.6. The molecular formula is C15H22N2O4. The highest BCUT2D eigenvalue weighted by molar-refractivity contribution is 5.81. The minimum Gasteiger partial charge on any atom is -0.508 e. The number of carbonyl (C=O) groups is 2. The van der Waals surface area contributed by atoms with Gasteiger partial charge in [-0.05, 0) is 51.0 Å². The Morgan fingerprint density at radius 1 is 1.33 bits per heavy atom. The molecule has 0 saturated heterocycles. The Hall–Kier alpha value is -2.24. The number of nitrogens with zero attached hydrogens (tertiary/aromatic N) is 1. The zero-order valence-electron chi connectivity index (χ0n) is 13.1. The van der Waals surface area contributed by atoms with Gasteiger partial charge in [0.25, 0.3) is 0 Å². The van der Waals surface area contributed by atoms with E-state index in [1.807, 2.05) is 0 Å². The summed E-state index contributed by atoms with van der Waals surface area (Å²) in [5, 5.41) is 10.3. The third kappa shape index (κ3) is 5.72. The van der Waals surface area contributed by atoms with Crippen molar-refractivity contribution >= 4 is 12.0 Å². The van der Waals surface area contributed by atoms with Crippen LogP contribution in [0.3, 0.4) is 0 Å². The third-order valence-corrected chi connectivity index (χ3v) is 2.64. The fraction of sp³-hybridized carbons (Fsp3) is 0.467. The second-order valence-corrected chi connectivity index (χ2v) is 5.86. The maximum atomic E-state index is 11.9. The number of benzene rings is 1. The number of nitrogens with one attached hydrogen (secondary N) is 1. The fourth-order valence-corrected chi connectivity index (χ4v) is 1.65. The number of hydrazine groups is 1. The van der Waals surface area contributed by atoms with E-state index < -0.39 is 11.7 Å². The van der Waals surface area contributed by atoms with E-state index in [0.717, 1.165) is 16.1 Å². The predicted molar refractivity (Wildman–Crippen MR) is 78.7 cm³/mol. The summed E-state index contributed by atoms with van der Waals surface area (Å²) >= 11 is 0. The molecule has 0 fully saturated rings. The van der Waals surface area contributed by atoms with Crippen molar-refractivity contribution in [3.8, 4) is 5.75 Å². The lowest BCUT2D eigenvalue weighted by Gasteiger charge is -2.24. The molecule has 1 aromatic rings. The molecule has 1 aromatic carbocycles. The van der Waals surface area contributed by atoms with Crippen molar-refractivity contribution in [3.05, 3.63) is 29.3 Å². The molecule has 0 radical (unpaired) electrons. The first-order valence-corrected chi connectivity index (χ1v) is 6.63. The van der Waals surface area contributed by atoms with Gasteiger partial charge in [-0.15, -0.1) is 0 Å². The Balaban J connectivity index is 2.59. The van der Waals surface area contributed by atoms with Gasteiger partial charge in [-0.3, -0.25) is 10.2 Å². The van der Waals surface area contributed by atoms with Crippen molar-refractivity contribution in [1.82, 2.24) is 10.4 Å². The maximum Gasteiger partial charge on any atom is 0.428 e. The van der Waals surface area contributed by atoms with E-state index >= 15 is 0 Å². The number of hydrogen-bond donors (Lipinski definition) is 2. The molecule has 0 bridgehead atoms. The Bertz CT molecular complexity index is 535. The van der Waals surface area contributed by atoms with Crippen LogP contribution in [0.4, 0.5) is 4.79 Å². The first-order valence-electron chi connectivity index (χ1n) is 6.63. The zero-order chi connectivity index (χ0) is 16.2. The lowest BCUT2D eigenvalue weighted by molar-refractivity contribution is -0.124. The van der Waals surface area contributed by atoms with Gasteiger partial charge in [0.05, 0.1) is 6.42 Å². The maximum absolute atomic E-state index is 11.9. The minimum atomic E-state index is -0.627. The van der Waals surface area contributed by atoms with Gasteiger partial charge in [-0.1, -0.05) is 6.07 Å². The molecule has 0 aromatic heterocycles. The first kappa shape index (κ1) is 16.8. The highest BCUT2D eigenvalue weighted by Crippen LogP contribution is 2.16. The predicted octanol–water partition coefficient (Wildman–Crippen LogP) is 2.14. The van der Waals surface area contributed by atoms with E-state index in [1.54, 1.807) is 39.8 Å². The Labute approximate surface area is 124 Å². The molecule has 6 nitrogen and oxygen atoms in total. The molecule has 0 aliphatic rings. The van der Waals surface area contributed by atoms with Crippen molar-refractivity contribution in [2.75, 3.05) is 7.05 Å².